The maximum atomic E-state index is 12.1. The average molecular weight is 311 g/mol. The Morgan fingerprint density at radius 3 is 2.14 bits per heavy atom. The maximum absolute atomic E-state index is 12.1. The molecule has 0 atom stereocenters. The van der Waals surface area contributed by atoms with Crippen molar-refractivity contribution in [2.24, 2.45) is 0 Å². The molecule has 0 fully saturated rings. The number of nitrogens with zero attached hydrogens (tertiary/aromatic N) is 4. The number of nitrogen functional groups attached to an aromatic ring is 1. The average Bonchev–Trinajstić information content (AvgIpc) is 2.50. The minimum Gasteiger partial charge on any atom is -0.449 e. The van der Waals surface area contributed by atoms with Crippen LogP contribution in [-0.2, 0) is 9.47 Å². The number of anilines is 2. The first-order chi connectivity index (χ1) is 10.6. The molecule has 0 saturated carbocycles. The summed E-state index contributed by atoms with van der Waals surface area (Å²) in [6.07, 6.45) is 2.46. The molecule has 0 aliphatic rings. The summed E-state index contributed by atoms with van der Waals surface area (Å²) in [5.41, 5.74) is 5.71. The number of aromatic nitrogens is 3. The van der Waals surface area contributed by atoms with E-state index < -0.39 is 12.2 Å². The summed E-state index contributed by atoms with van der Waals surface area (Å²) in [5.74, 6) is -0.155. The number of nitrogens with two attached hydrogens (primary N) is 1. The summed E-state index contributed by atoms with van der Waals surface area (Å²) in [4.78, 5) is 24.8. The van der Waals surface area contributed by atoms with E-state index in [1.165, 1.54) is 6.20 Å². The number of unbranched alkanes of at least 4 members (excludes halogenated alkanes) is 2. The highest BCUT2D eigenvalue weighted by atomic mass is 16.6. The summed E-state index contributed by atoms with van der Waals surface area (Å²) in [6, 6.07) is 0. The van der Waals surface area contributed by atoms with Crippen molar-refractivity contribution < 1.29 is 19.1 Å². The molecule has 1 heterocycles. The Morgan fingerprint density at radius 1 is 1.14 bits per heavy atom. The number of hydrogen-bond acceptors (Lipinski definition) is 8. The van der Waals surface area contributed by atoms with Crippen molar-refractivity contribution in [3.63, 3.8) is 0 Å². The van der Waals surface area contributed by atoms with E-state index in [4.69, 9.17) is 15.2 Å². The lowest BCUT2D eigenvalue weighted by Gasteiger charge is -2.19. The highest BCUT2D eigenvalue weighted by Crippen LogP contribution is 2.19. The Morgan fingerprint density at radius 2 is 1.68 bits per heavy atom. The number of hydrogen-bond donors (Lipinski definition) is 1. The van der Waals surface area contributed by atoms with Gasteiger partial charge in [-0.3, -0.25) is 0 Å². The van der Waals surface area contributed by atoms with Gasteiger partial charge >= 0.3 is 12.2 Å². The lowest BCUT2D eigenvalue weighted by Crippen LogP contribution is -2.39. The van der Waals surface area contributed by atoms with Crippen LogP contribution >= 0.6 is 0 Å². The van der Waals surface area contributed by atoms with E-state index in [1.54, 1.807) is 0 Å². The van der Waals surface area contributed by atoms with Crippen LogP contribution in [0, 0.1) is 0 Å². The molecule has 9 heteroatoms. The third kappa shape index (κ3) is 5.15. The number of carbonyl (C=O) groups excluding carboxylic acids is 2. The Labute approximate surface area is 128 Å². The molecule has 0 spiro atoms. The van der Waals surface area contributed by atoms with Crippen molar-refractivity contribution in [1.82, 2.24) is 15.4 Å². The normalized spacial score (nSPS) is 10.1. The number of rotatable bonds is 7. The molecule has 0 bridgehead atoms. The molecule has 0 aliphatic carbocycles. The quantitative estimate of drug-likeness (QED) is 0.760. The number of carbonyl (C=O) groups is 2. The second-order valence-electron chi connectivity index (χ2n) is 4.48. The van der Waals surface area contributed by atoms with Gasteiger partial charge < -0.3 is 15.2 Å². The van der Waals surface area contributed by atoms with Crippen LogP contribution in [0.3, 0.4) is 0 Å². The Hall–Kier alpha value is -2.45. The second-order valence-corrected chi connectivity index (χ2v) is 4.48. The van der Waals surface area contributed by atoms with Gasteiger partial charge in [-0.15, -0.1) is 10.2 Å². The van der Waals surface area contributed by atoms with Crippen LogP contribution < -0.4 is 10.6 Å². The Bertz CT molecular complexity index is 475. The van der Waals surface area contributed by atoms with Gasteiger partial charge in [0.2, 0.25) is 0 Å². The van der Waals surface area contributed by atoms with E-state index in [9.17, 15) is 9.59 Å². The SMILES string of the molecule is CCCCOC(=O)N(C(=O)OCCCC)c1nnncc1N. The molecule has 1 aromatic rings. The van der Waals surface area contributed by atoms with Crippen molar-refractivity contribution in [3.8, 4) is 0 Å². The van der Waals surface area contributed by atoms with E-state index in [0.29, 0.717) is 17.7 Å². The van der Waals surface area contributed by atoms with Crippen molar-refractivity contribution >= 4 is 23.7 Å². The molecule has 2 N–H and O–H groups in total. The summed E-state index contributed by atoms with van der Waals surface area (Å²) in [7, 11) is 0. The number of amides is 2. The van der Waals surface area contributed by atoms with Crippen LogP contribution in [0.25, 0.3) is 0 Å². The van der Waals surface area contributed by atoms with E-state index in [2.05, 4.69) is 15.4 Å². The standard InChI is InChI=1S/C13H21N5O4/c1-3-5-7-21-12(19)18(13(20)22-8-6-4-2)11-10(14)9-15-17-16-11/h9H,3-8H2,1-2H3,(H2,14,17). The van der Waals surface area contributed by atoms with E-state index >= 15 is 0 Å². The molecule has 0 aromatic carbocycles. The van der Waals surface area contributed by atoms with Crippen LogP contribution in [0.1, 0.15) is 39.5 Å². The third-order valence-corrected chi connectivity index (χ3v) is 2.67. The van der Waals surface area contributed by atoms with Crippen LogP contribution in [0.2, 0.25) is 0 Å². The number of imide groups is 1. The zero-order chi connectivity index (χ0) is 16.4. The Balaban J connectivity index is 2.87. The molecule has 0 saturated heterocycles. The fraction of sp³-hybridized carbons (Fsp3) is 0.615. The largest absolute Gasteiger partial charge is 0.449 e. The van der Waals surface area contributed by atoms with Crippen LogP contribution in [-0.4, -0.2) is 40.8 Å². The van der Waals surface area contributed by atoms with E-state index in [0.717, 1.165) is 12.8 Å². The van der Waals surface area contributed by atoms with E-state index in [1.807, 2.05) is 13.8 Å². The zero-order valence-corrected chi connectivity index (χ0v) is 12.8. The van der Waals surface area contributed by atoms with Gasteiger partial charge in [0.25, 0.3) is 0 Å². The lowest BCUT2D eigenvalue weighted by molar-refractivity contribution is 0.132. The summed E-state index contributed by atoms with van der Waals surface area (Å²) in [5, 5.41) is 10.5. The Kier molecular flexibility index (Phi) is 7.58. The zero-order valence-electron chi connectivity index (χ0n) is 12.8. The van der Waals surface area contributed by atoms with Gasteiger partial charge in [0.15, 0.2) is 5.82 Å². The van der Waals surface area contributed by atoms with Crippen LogP contribution in [0.15, 0.2) is 6.20 Å². The first-order valence-electron chi connectivity index (χ1n) is 7.19. The van der Waals surface area contributed by atoms with Gasteiger partial charge in [0, 0.05) is 0 Å². The summed E-state index contributed by atoms with van der Waals surface area (Å²) < 4.78 is 10.0. The van der Waals surface area contributed by atoms with Crippen molar-refractivity contribution in [1.29, 1.82) is 0 Å². The first kappa shape index (κ1) is 17.6. The van der Waals surface area contributed by atoms with Gasteiger partial charge in [-0.25, -0.2) is 9.59 Å². The minimum atomic E-state index is -0.901. The van der Waals surface area contributed by atoms with E-state index in [-0.39, 0.29) is 24.7 Å². The van der Waals surface area contributed by atoms with Gasteiger partial charge in [0.05, 0.1) is 25.1 Å². The summed E-state index contributed by atoms with van der Waals surface area (Å²) in [6.45, 7) is 4.28. The molecular weight excluding hydrogens is 290 g/mol. The molecule has 2 amide bonds. The van der Waals surface area contributed by atoms with Gasteiger partial charge in [-0.05, 0) is 18.1 Å². The molecule has 9 nitrogen and oxygen atoms in total. The molecule has 0 aliphatic heterocycles. The molecular formula is C13H21N5O4. The van der Waals surface area contributed by atoms with Crippen LogP contribution in [0.5, 0.6) is 0 Å². The molecule has 22 heavy (non-hydrogen) atoms. The molecule has 0 unspecified atom stereocenters. The molecule has 1 rings (SSSR count). The predicted octanol–water partition coefficient (Wildman–Crippen LogP) is 2.13. The van der Waals surface area contributed by atoms with Crippen molar-refractivity contribution in [3.05, 3.63) is 6.20 Å². The van der Waals surface area contributed by atoms with Gasteiger partial charge in [-0.2, -0.15) is 4.90 Å². The molecule has 1 aromatic heterocycles. The molecule has 0 radical (unpaired) electrons. The highest BCUT2D eigenvalue weighted by molar-refractivity contribution is 6.10. The van der Waals surface area contributed by atoms with Gasteiger partial charge in [-0.1, -0.05) is 26.7 Å². The smallest absolute Gasteiger partial charge is 0.425 e. The topological polar surface area (TPSA) is 121 Å². The minimum absolute atomic E-state index is 0.0230. The first-order valence-corrected chi connectivity index (χ1v) is 7.19. The fourth-order valence-electron chi connectivity index (χ4n) is 1.43. The number of ether oxygens (including phenoxy) is 2. The van der Waals surface area contributed by atoms with Crippen molar-refractivity contribution in [2.45, 2.75) is 39.5 Å². The fourth-order valence-corrected chi connectivity index (χ4v) is 1.43. The molecule has 122 valence electrons. The second kappa shape index (κ2) is 9.48. The predicted molar refractivity (Wildman–Crippen MR) is 79.2 cm³/mol. The van der Waals surface area contributed by atoms with Crippen molar-refractivity contribution in [2.75, 3.05) is 23.8 Å². The maximum Gasteiger partial charge on any atom is 0.425 e. The van der Waals surface area contributed by atoms with Gasteiger partial charge in [0.1, 0.15) is 0 Å². The summed E-state index contributed by atoms with van der Waals surface area (Å²) >= 11 is 0. The lowest BCUT2D eigenvalue weighted by atomic mass is 10.4. The monoisotopic (exact) mass is 311 g/mol. The third-order valence-electron chi connectivity index (χ3n) is 2.67. The highest BCUT2D eigenvalue weighted by Gasteiger charge is 2.30. The van der Waals surface area contributed by atoms with Crippen LogP contribution in [0.4, 0.5) is 21.1 Å².